The summed E-state index contributed by atoms with van der Waals surface area (Å²) in [6, 6.07) is 9.62. The molecule has 2 rings (SSSR count). The first-order valence-corrected chi connectivity index (χ1v) is 8.23. The molecule has 1 N–H and O–H groups in total. The van der Waals surface area contributed by atoms with Crippen LogP contribution in [0.4, 0.5) is 0 Å². The fourth-order valence-electron chi connectivity index (χ4n) is 1.47. The van der Waals surface area contributed by atoms with E-state index in [1.807, 2.05) is 4.72 Å². The number of benzene rings is 1. The molecule has 2 aromatic rings. The summed E-state index contributed by atoms with van der Waals surface area (Å²) < 4.78 is 35.8. The Labute approximate surface area is 126 Å². The second kappa shape index (κ2) is 6.59. The number of nitrogens with one attached hydrogen (secondary N) is 1. The Morgan fingerprint density at radius 3 is 2.43 bits per heavy atom. The lowest BCUT2D eigenvalue weighted by Gasteiger charge is -2.08. The number of thiophene rings is 1. The first-order chi connectivity index (χ1) is 10.0. The molecule has 0 spiro atoms. The summed E-state index contributed by atoms with van der Waals surface area (Å²) in [6.07, 6.45) is 0. The number of carbonyl (C=O) groups is 1. The second-order valence-corrected chi connectivity index (χ2v) is 6.78. The van der Waals surface area contributed by atoms with Crippen LogP contribution in [0.3, 0.4) is 0 Å². The molecule has 112 valence electrons. The van der Waals surface area contributed by atoms with Gasteiger partial charge in [0.2, 0.25) is 0 Å². The molecule has 1 heterocycles. The number of hydrogen-bond donors (Lipinski definition) is 1. The van der Waals surface area contributed by atoms with Crippen LogP contribution in [-0.4, -0.2) is 28.0 Å². The lowest BCUT2D eigenvalue weighted by atomic mass is 10.3. The molecule has 0 unspecified atom stereocenters. The molecular weight excluding hydrogens is 314 g/mol. The maximum absolute atomic E-state index is 11.8. The number of carbonyl (C=O) groups excluding carboxylic acids is 1. The van der Waals surface area contributed by atoms with Crippen LogP contribution in [0, 0.1) is 0 Å². The minimum atomic E-state index is -3.81. The van der Waals surface area contributed by atoms with Crippen LogP contribution in [0.1, 0.15) is 0 Å². The van der Waals surface area contributed by atoms with Gasteiger partial charge in [-0.15, -0.1) is 11.3 Å². The van der Waals surface area contributed by atoms with E-state index >= 15 is 0 Å². The summed E-state index contributed by atoms with van der Waals surface area (Å²) in [5.41, 5.74) is 0. The number of ether oxygens (including phenoxy) is 2. The van der Waals surface area contributed by atoms with Crippen molar-refractivity contribution >= 4 is 27.3 Å². The average molecular weight is 327 g/mol. The zero-order chi connectivity index (χ0) is 15.3. The Hall–Kier alpha value is -2.06. The lowest BCUT2D eigenvalue weighted by molar-refractivity contribution is -0.121. The van der Waals surface area contributed by atoms with Crippen molar-refractivity contribution < 1.29 is 22.7 Å². The monoisotopic (exact) mass is 327 g/mol. The maximum atomic E-state index is 11.8. The molecule has 0 fully saturated rings. The van der Waals surface area contributed by atoms with E-state index in [2.05, 4.69) is 0 Å². The van der Waals surface area contributed by atoms with Crippen LogP contribution in [0.2, 0.25) is 0 Å². The summed E-state index contributed by atoms with van der Waals surface area (Å²) in [4.78, 5) is 11.6. The van der Waals surface area contributed by atoms with Crippen molar-refractivity contribution in [3.8, 4) is 11.5 Å². The van der Waals surface area contributed by atoms with E-state index in [1.165, 1.54) is 6.07 Å². The highest BCUT2D eigenvalue weighted by molar-refractivity contribution is 7.92. The lowest BCUT2D eigenvalue weighted by Crippen LogP contribution is -2.33. The van der Waals surface area contributed by atoms with Gasteiger partial charge in [-0.25, -0.2) is 13.1 Å². The van der Waals surface area contributed by atoms with Crippen LogP contribution >= 0.6 is 11.3 Å². The number of rotatable bonds is 6. The first-order valence-electron chi connectivity index (χ1n) is 5.87. The number of hydrogen-bond acceptors (Lipinski definition) is 6. The molecule has 1 aromatic heterocycles. The molecule has 6 nitrogen and oxygen atoms in total. The standard InChI is InChI=1S/C13H13NO5S2/c1-18-10-4-6-11(7-5-10)19-9-12(15)14-21(16,17)13-3-2-8-20-13/h2-8H,9H2,1H3,(H,14,15). The molecule has 1 amide bonds. The van der Waals surface area contributed by atoms with E-state index in [1.54, 1.807) is 42.8 Å². The summed E-state index contributed by atoms with van der Waals surface area (Å²) in [6.45, 7) is -0.392. The second-order valence-electron chi connectivity index (χ2n) is 3.92. The van der Waals surface area contributed by atoms with Gasteiger partial charge in [0.25, 0.3) is 15.9 Å². The maximum Gasteiger partial charge on any atom is 0.273 e. The van der Waals surface area contributed by atoms with Crippen molar-refractivity contribution in [3.63, 3.8) is 0 Å². The van der Waals surface area contributed by atoms with Crippen molar-refractivity contribution in [2.75, 3.05) is 13.7 Å². The van der Waals surface area contributed by atoms with Gasteiger partial charge < -0.3 is 9.47 Å². The van der Waals surface area contributed by atoms with Gasteiger partial charge in [0, 0.05) is 0 Å². The predicted octanol–water partition coefficient (Wildman–Crippen LogP) is 1.64. The molecule has 0 bridgehead atoms. The minimum Gasteiger partial charge on any atom is -0.497 e. The van der Waals surface area contributed by atoms with Crippen molar-refractivity contribution in [2.24, 2.45) is 0 Å². The Balaban J connectivity index is 1.90. The van der Waals surface area contributed by atoms with Gasteiger partial charge in [-0.2, -0.15) is 0 Å². The topological polar surface area (TPSA) is 81.7 Å². The van der Waals surface area contributed by atoms with Gasteiger partial charge in [-0.1, -0.05) is 6.07 Å². The molecule has 21 heavy (non-hydrogen) atoms. The molecule has 0 aliphatic rings. The average Bonchev–Trinajstić information content (AvgIpc) is 3.00. The predicted molar refractivity (Wildman–Crippen MR) is 78.1 cm³/mol. The smallest absolute Gasteiger partial charge is 0.273 e. The van der Waals surface area contributed by atoms with Crippen molar-refractivity contribution in [1.29, 1.82) is 0 Å². The Morgan fingerprint density at radius 2 is 1.86 bits per heavy atom. The van der Waals surface area contributed by atoms with Gasteiger partial charge in [0.05, 0.1) is 7.11 Å². The van der Waals surface area contributed by atoms with Gasteiger partial charge in [-0.05, 0) is 35.7 Å². The van der Waals surface area contributed by atoms with E-state index < -0.39 is 22.5 Å². The van der Waals surface area contributed by atoms with Gasteiger partial charge in [-0.3, -0.25) is 4.79 Å². The molecule has 0 aliphatic carbocycles. The molecule has 0 aliphatic heterocycles. The normalized spacial score (nSPS) is 10.9. The highest BCUT2D eigenvalue weighted by Gasteiger charge is 2.18. The fourth-order valence-corrected chi connectivity index (χ4v) is 3.43. The van der Waals surface area contributed by atoms with Crippen LogP contribution in [-0.2, 0) is 14.8 Å². The highest BCUT2D eigenvalue weighted by Crippen LogP contribution is 2.17. The molecule has 8 heteroatoms. The number of sulfonamides is 1. The summed E-state index contributed by atoms with van der Waals surface area (Å²) in [5.74, 6) is 0.366. The van der Waals surface area contributed by atoms with Crippen molar-refractivity contribution in [1.82, 2.24) is 4.72 Å². The van der Waals surface area contributed by atoms with Crippen LogP contribution < -0.4 is 14.2 Å². The molecule has 0 radical (unpaired) electrons. The Kier molecular flexibility index (Phi) is 4.81. The zero-order valence-electron chi connectivity index (χ0n) is 11.1. The minimum absolute atomic E-state index is 0.0836. The van der Waals surface area contributed by atoms with E-state index in [-0.39, 0.29) is 4.21 Å². The van der Waals surface area contributed by atoms with Crippen LogP contribution in [0.15, 0.2) is 46.0 Å². The Bertz CT molecular complexity index is 693. The fraction of sp³-hybridized carbons (Fsp3) is 0.154. The summed E-state index contributed by atoms with van der Waals surface area (Å²) >= 11 is 1.03. The van der Waals surface area contributed by atoms with Crippen LogP contribution in [0.5, 0.6) is 11.5 Å². The number of amides is 1. The molecule has 1 aromatic carbocycles. The number of methoxy groups -OCH3 is 1. The third-order valence-electron chi connectivity index (χ3n) is 2.44. The van der Waals surface area contributed by atoms with E-state index in [4.69, 9.17) is 9.47 Å². The molecule has 0 saturated carbocycles. The summed E-state index contributed by atoms with van der Waals surface area (Å²) in [5, 5.41) is 1.62. The quantitative estimate of drug-likeness (QED) is 0.872. The van der Waals surface area contributed by atoms with Crippen LogP contribution in [0.25, 0.3) is 0 Å². The highest BCUT2D eigenvalue weighted by atomic mass is 32.2. The van der Waals surface area contributed by atoms with Gasteiger partial charge in [0.15, 0.2) is 6.61 Å². The van der Waals surface area contributed by atoms with Gasteiger partial charge >= 0.3 is 0 Å². The van der Waals surface area contributed by atoms with E-state index in [0.717, 1.165) is 11.3 Å². The molecular formula is C13H13NO5S2. The largest absolute Gasteiger partial charge is 0.497 e. The third kappa shape index (κ3) is 4.20. The molecule has 0 saturated heterocycles. The van der Waals surface area contributed by atoms with E-state index in [9.17, 15) is 13.2 Å². The SMILES string of the molecule is COc1ccc(OCC(=O)NS(=O)(=O)c2cccs2)cc1. The van der Waals surface area contributed by atoms with Gasteiger partial charge in [0.1, 0.15) is 15.7 Å². The first kappa shape index (κ1) is 15.3. The van der Waals surface area contributed by atoms with Crippen molar-refractivity contribution in [2.45, 2.75) is 4.21 Å². The molecule has 0 atom stereocenters. The zero-order valence-corrected chi connectivity index (χ0v) is 12.7. The third-order valence-corrected chi connectivity index (χ3v) is 5.21. The summed E-state index contributed by atoms with van der Waals surface area (Å²) in [7, 11) is -2.27. The van der Waals surface area contributed by atoms with E-state index in [0.29, 0.717) is 11.5 Å². The van der Waals surface area contributed by atoms with Crippen molar-refractivity contribution in [3.05, 3.63) is 41.8 Å². The Morgan fingerprint density at radius 1 is 1.19 bits per heavy atom.